The van der Waals surface area contributed by atoms with Gasteiger partial charge in [0.15, 0.2) is 0 Å². The van der Waals surface area contributed by atoms with E-state index in [2.05, 4.69) is 35.7 Å². The van der Waals surface area contributed by atoms with Crippen LogP contribution in [-0.2, 0) is 11.3 Å². The molecule has 0 fully saturated rings. The van der Waals surface area contributed by atoms with Crippen LogP contribution in [0.25, 0.3) is 0 Å². The third-order valence-electron chi connectivity index (χ3n) is 3.23. The summed E-state index contributed by atoms with van der Waals surface area (Å²) in [4.78, 5) is 0. The third-order valence-corrected chi connectivity index (χ3v) is 3.95. The van der Waals surface area contributed by atoms with E-state index in [1.807, 2.05) is 0 Å². The van der Waals surface area contributed by atoms with Gasteiger partial charge in [-0.15, -0.1) is 5.10 Å². The van der Waals surface area contributed by atoms with Gasteiger partial charge in [-0.3, -0.25) is 0 Å². The summed E-state index contributed by atoms with van der Waals surface area (Å²) in [6.45, 7) is 9.00. The van der Waals surface area contributed by atoms with Crippen LogP contribution in [0.5, 0.6) is 0 Å². The van der Waals surface area contributed by atoms with E-state index >= 15 is 0 Å². The van der Waals surface area contributed by atoms with E-state index in [0.717, 1.165) is 30.3 Å². The number of anilines is 1. The van der Waals surface area contributed by atoms with Gasteiger partial charge in [-0.05, 0) is 18.8 Å². The van der Waals surface area contributed by atoms with E-state index in [1.165, 1.54) is 37.2 Å². The molecule has 0 aromatic carbocycles. The second kappa shape index (κ2) is 10.1. The van der Waals surface area contributed by atoms with Crippen LogP contribution in [0.4, 0.5) is 5.00 Å². The second-order valence-corrected chi connectivity index (χ2v) is 5.66. The smallest absolute Gasteiger partial charge is 0.135 e. The van der Waals surface area contributed by atoms with Gasteiger partial charge in [0.1, 0.15) is 10.7 Å². The van der Waals surface area contributed by atoms with Gasteiger partial charge in [0, 0.05) is 24.7 Å². The van der Waals surface area contributed by atoms with E-state index in [9.17, 15) is 0 Å². The van der Waals surface area contributed by atoms with Crippen molar-refractivity contribution < 1.29 is 4.74 Å². The van der Waals surface area contributed by atoms with Crippen LogP contribution in [0.3, 0.4) is 0 Å². The van der Waals surface area contributed by atoms with Crippen LogP contribution >= 0.6 is 11.5 Å². The Morgan fingerprint density at radius 2 is 2.11 bits per heavy atom. The van der Waals surface area contributed by atoms with E-state index in [-0.39, 0.29) is 0 Å². The molecule has 1 aromatic heterocycles. The molecule has 4 nitrogen and oxygen atoms in total. The summed E-state index contributed by atoms with van der Waals surface area (Å²) in [6, 6.07) is 0. The van der Waals surface area contributed by atoms with Gasteiger partial charge in [0.05, 0.1) is 6.61 Å². The molecule has 0 saturated carbocycles. The van der Waals surface area contributed by atoms with Crippen molar-refractivity contribution in [3.05, 3.63) is 5.69 Å². The van der Waals surface area contributed by atoms with E-state index in [0.29, 0.717) is 12.5 Å². The summed E-state index contributed by atoms with van der Waals surface area (Å²) in [5.41, 5.74) is 0.948. The van der Waals surface area contributed by atoms with Crippen molar-refractivity contribution in [2.24, 2.45) is 5.92 Å². The first kappa shape index (κ1) is 16.4. The largest absolute Gasteiger partial charge is 0.375 e. The Hall–Kier alpha value is -0.680. The summed E-state index contributed by atoms with van der Waals surface area (Å²) in [5.74, 6) is 0.679. The van der Waals surface area contributed by atoms with E-state index < -0.39 is 0 Å². The minimum atomic E-state index is 0.575. The molecule has 0 aliphatic heterocycles. The highest BCUT2D eigenvalue weighted by Gasteiger charge is 2.10. The molecule has 0 aliphatic rings. The molecule has 1 unspecified atom stereocenters. The van der Waals surface area contributed by atoms with Crippen molar-refractivity contribution in [2.45, 2.75) is 59.5 Å². The molecular weight excluding hydrogens is 258 g/mol. The minimum absolute atomic E-state index is 0.575. The maximum absolute atomic E-state index is 5.81. The fraction of sp³-hybridized carbons (Fsp3) is 0.857. The van der Waals surface area contributed by atoms with Gasteiger partial charge in [0.2, 0.25) is 0 Å². The fourth-order valence-electron chi connectivity index (χ4n) is 1.90. The van der Waals surface area contributed by atoms with Crippen LogP contribution in [0.15, 0.2) is 0 Å². The summed E-state index contributed by atoms with van der Waals surface area (Å²) in [5, 5.41) is 8.54. The summed E-state index contributed by atoms with van der Waals surface area (Å²) in [7, 11) is 0. The zero-order valence-corrected chi connectivity index (χ0v) is 13.3. The maximum Gasteiger partial charge on any atom is 0.135 e. The number of ether oxygens (including phenoxy) is 1. The van der Waals surface area contributed by atoms with Gasteiger partial charge in [-0.25, -0.2) is 0 Å². The third kappa shape index (κ3) is 6.34. The predicted octanol–water partition coefficient (Wildman–Crippen LogP) is 4.09. The van der Waals surface area contributed by atoms with Crippen LogP contribution in [0.2, 0.25) is 0 Å². The zero-order chi connectivity index (χ0) is 13.9. The average molecular weight is 285 g/mol. The second-order valence-electron chi connectivity index (χ2n) is 4.91. The SMILES string of the molecule is CCCCC(CC)COCc1nnsc1NCCC. The molecule has 0 spiro atoms. The molecule has 0 amide bonds. The Morgan fingerprint density at radius 3 is 2.79 bits per heavy atom. The van der Waals surface area contributed by atoms with Gasteiger partial charge in [-0.2, -0.15) is 0 Å². The lowest BCUT2D eigenvalue weighted by Gasteiger charge is -2.14. The summed E-state index contributed by atoms with van der Waals surface area (Å²) >= 11 is 1.42. The molecule has 5 heteroatoms. The Balaban J connectivity index is 2.29. The number of aromatic nitrogens is 2. The molecule has 19 heavy (non-hydrogen) atoms. The summed E-state index contributed by atoms with van der Waals surface area (Å²) < 4.78 is 9.80. The van der Waals surface area contributed by atoms with Crippen LogP contribution in [0, 0.1) is 5.92 Å². The van der Waals surface area contributed by atoms with Crippen LogP contribution < -0.4 is 5.32 Å². The number of hydrogen-bond donors (Lipinski definition) is 1. The first-order valence-electron chi connectivity index (χ1n) is 7.44. The van der Waals surface area contributed by atoms with Crippen molar-refractivity contribution in [3.8, 4) is 0 Å². The molecule has 0 bridgehead atoms. The molecule has 0 radical (unpaired) electrons. The number of unbranched alkanes of at least 4 members (excludes halogenated alkanes) is 1. The average Bonchev–Trinajstić information content (AvgIpc) is 2.87. The summed E-state index contributed by atoms with van der Waals surface area (Å²) in [6.07, 6.45) is 6.12. The highest BCUT2D eigenvalue weighted by Crippen LogP contribution is 2.19. The quantitative estimate of drug-likeness (QED) is 0.665. The number of rotatable bonds is 11. The number of nitrogens with zero attached hydrogens (tertiary/aromatic N) is 2. The highest BCUT2D eigenvalue weighted by molar-refractivity contribution is 7.10. The van der Waals surface area contributed by atoms with Crippen molar-refractivity contribution in [2.75, 3.05) is 18.5 Å². The van der Waals surface area contributed by atoms with Crippen LogP contribution in [-0.4, -0.2) is 22.7 Å². The van der Waals surface area contributed by atoms with Gasteiger partial charge in [0.25, 0.3) is 0 Å². The lowest BCUT2D eigenvalue weighted by atomic mass is 10.0. The van der Waals surface area contributed by atoms with Gasteiger partial charge in [-0.1, -0.05) is 44.5 Å². The Labute approximate surface area is 121 Å². The van der Waals surface area contributed by atoms with Gasteiger partial charge < -0.3 is 10.1 Å². The van der Waals surface area contributed by atoms with Crippen LogP contribution in [0.1, 0.15) is 58.6 Å². The Kier molecular flexibility index (Phi) is 8.75. The first-order chi connectivity index (χ1) is 9.31. The number of nitrogens with one attached hydrogen (secondary N) is 1. The number of hydrogen-bond acceptors (Lipinski definition) is 5. The lowest BCUT2D eigenvalue weighted by molar-refractivity contribution is 0.0802. The minimum Gasteiger partial charge on any atom is -0.375 e. The normalized spacial score (nSPS) is 12.6. The maximum atomic E-state index is 5.81. The molecular formula is C14H27N3OS. The monoisotopic (exact) mass is 285 g/mol. The highest BCUT2D eigenvalue weighted by atomic mass is 32.1. The molecule has 1 N–H and O–H groups in total. The van der Waals surface area contributed by atoms with Crippen molar-refractivity contribution in [1.29, 1.82) is 0 Å². The molecule has 1 heterocycles. The van der Waals surface area contributed by atoms with E-state index in [1.54, 1.807) is 0 Å². The molecule has 1 aromatic rings. The van der Waals surface area contributed by atoms with Crippen molar-refractivity contribution in [1.82, 2.24) is 9.59 Å². The Morgan fingerprint density at radius 1 is 1.26 bits per heavy atom. The van der Waals surface area contributed by atoms with Gasteiger partial charge >= 0.3 is 0 Å². The van der Waals surface area contributed by atoms with Crippen molar-refractivity contribution in [3.63, 3.8) is 0 Å². The fourth-order valence-corrected chi connectivity index (χ4v) is 2.49. The zero-order valence-electron chi connectivity index (χ0n) is 12.4. The predicted molar refractivity (Wildman–Crippen MR) is 81.7 cm³/mol. The molecule has 1 atom stereocenters. The first-order valence-corrected chi connectivity index (χ1v) is 8.21. The lowest BCUT2D eigenvalue weighted by Crippen LogP contribution is -2.10. The Bertz CT molecular complexity index is 330. The molecule has 0 saturated heterocycles. The topological polar surface area (TPSA) is 47.0 Å². The van der Waals surface area contributed by atoms with Crippen molar-refractivity contribution >= 4 is 16.5 Å². The molecule has 1 rings (SSSR count). The molecule has 0 aliphatic carbocycles. The molecule has 110 valence electrons. The van der Waals surface area contributed by atoms with E-state index in [4.69, 9.17) is 4.74 Å². The standard InChI is InChI=1S/C14H27N3OS/c1-4-7-8-12(6-3)10-18-11-13-14(15-9-5-2)19-17-16-13/h12,15H,4-11H2,1-3H3.